The van der Waals surface area contributed by atoms with E-state index < -0.39 is 5.76 Å². The van der Waals surface area contributed by atoms with Gasteiger partial charge in [0.25, 0.3) is 5.76 Å². The number of halogens is 3. The van der Waals surface area contributed by atoms with Gasteiger partial charge in [0.15, 0.2) is 0 Å². The highest BCUT2D eigenvalue weighted by Gasteiger charge is 2.14. The van der Waals surface area contributed by atoms with Crippen LogP contribution < -0.4 is 5.32 Å². The molecule has 0 aliphatic heterocycles. The van der Waals surface area contributed by atoms with Crippen LogP contribution in [0.4, 0.5) is 18.9 Å². The number of nitrogens with one attached hydrogen (secondary N) is 1. The minimum absolute atomic E-state index is 0.310. The van der Waals surface area contributed by atoms with Crippen LogP contribution in [0.3, 0.4) is 0 Å². The molecule has 1 atom stereocenters. The summed E-state index contributed by atoms with van der Waals surface area (Å²) in [5.74, 6) is -2.80. The second-order valence-electron chi connectivity index (χ2n) is 4.26. The first-order chi connectivity index (χ1) is 9.58. The molecule has 0 spiro atoms. The van der Waals surface area contributed by atoms with Crippen LogP contribution in [0.2, 0.25) is 0 Å². The number of thioether (sulfide) groups is 1. The van der Waals surface area contributed by atoms with Crippen LogP contribution in [0.25, 0.3) is 0 Å². The number of para-hydroxylation sites is 1. The highest BCUT2D eigenvalue weighted by atomic mass is 32.2. The number of hydrogen-bond acceptors (Lipinski definition) is 2. The lowest BCUT2D eigenvalue weighted by Crippen LogP contribution is -2.09. The monoisotopic (exact) mass is 297 g/mol. The lowest BCUT2D eigenvalue weighted by atomic mass is 10.1. The van der Waals surface area contributed by atoms with Crippen molar-refractivity contribution >= 4 is 17.4 Å². The van der Waals surface area contributed by atoms with Crippen molar-refractivity contribution in [3.8, 4) is 0 Å². The minimum atomic E-state index is -2.48. The maximum atomic E-state index is 13.7. The number of benzene rings is 2. The molecule has 1 nitrogen and oxygen atoms in total. The first-order valence-electron chi connectivity index (χ1n) is 6.12. The molecule has 0 saturated carbocycles. The van der Waals surface area contributed by atoms with E-state index in [-0.39, 0.29) is 11.9 Å². The van der Waals surface area contributed by atoms with Crippen molar-refractivity contribution in [1.82, 2.24) is 0 Å². The standard InChI is InChI=1S/C15H14F3NS/c1-10(11-6-2-3-7-12(11)16)19-13-8-4-5-9-14(13)20-15(17)18/h2-10,15,19H,1H3. The van der Waals surface area contributed by atoms with Gasteiger partial charge < -0.3 is 5.32 Å². The van der Waals surface area contributed by atoms with Crippen LogP contribution in [0, 0.1) is 5.82 Å². The van der Waals surface area contributed by atoms with Gasteiger partial charge in [-0.2, -0.15) is 8.78 Å². The third-order valence-corrected chi connectivity index (χ3v) is 3.63. The van der Waals surface area contributed by atoms with E-state index in [1.165, 1.54) is 6.07 Å². The van der Waals surface area contributed by atoms with E-state index in [1.54, 1.807) is 49.4 Å². The second-order valence-corrected chi connectivity index (χ2v) is 5.29. The summed E-state index contributed by atoms with van der Waals surface area (Å²) in [5, 5.41) is 3.08. The molecule has 0 aliphatic carbocycles. The Hall–Kier alpha value is -1.62. The molecule has 0 amide bonds. The van der Waals surface area contributed by atoms with Crippen molar-refractivity contribution < 1.29 is 13.2 Å². The minimum Gasteiger partial charge on any atom is -0.378 e. The van der Waals surface area contributed by atoms with Crippen LogP contribution in [0.1, 0.15) is 18.5 Å². The fraction of sp³-hybridized carbons (Fsp3) is 0.200. The molecule has 2 aromatic rings. The molecular formula is C15H14F3NS. The second kappa shape index (κ2) is 6.70. The van der Waals surface area contributed by atoms with Gasteiger partial charge in [-0.05, 0) is 25.1 Å². The Kier molecular flexibility index (Phi) is 4.95. The van der Waals surface area contributed by atoms with Gasteiger partial charge in [0.05, 0.1) is 6.04 Å². The molecule has 0 saturated heterocycles. The number of alkyl halides is 2. The molecule has 0 aliphatic rings. The fourth-order valence-corrected chi connectivity index (χ4v) is 2.52. The quantitative estimate of drug-likeness (QED) is 0.750. The summed E-state index contributed by atoms with van der Waals surface area (Å²) >= 11 is 0.477. The van der Waals surface area contributed by atoms with Crippen molar-refractivity contribution in [1.29, 1.82) is 0 Å². The zero-order chi connectivity index (χ0) is 14.5. The molecule has 1 unspecified atom stereocenters. The summed E-state index contributed by atoms with van der Waals surface area (Å²) in [7, 11) is 0. The lowest BCUT2D eigenvalue weighted by molar-refractivity contribution is 0.252. The van der Waals surface area contributed by atoms with Gasteiger partial charge in [0.2, 0.25) is 0 Å². The smallest absolute Gasteiger partial charge is 0.288 e. The summed E-state index contributed by atoms with van der Waals surface area (Å²) in [5.41, 5.74) is 1.08. The van der Waals surface area contributed by atoms with Gasteiger partial charge in [-0.3, -0.25) is 0 Å². The molecule has 0 radical (unpaired) electrons. The summed E-state index contributed by atoms with van der Waals surface area (Å²) in [6.07, 6.45) is 0. The highest BCUT2D eigenvalue weighted by Crippen LogP contribution is 2.33. The van der Waals surface area contributed by atoms with Gasteiger partial charge in [0.1, 0.15) is 5.82 Å². The maximum absolute atomic E-state index is 13.7. The summed E-state index contributed by atoms with van der Waals surface area (Å²) in [4.78, 5) is 0.450. The third kappa shape index (κ3) is 3.70. The zero-order valence-corrected chi connectivity index (χ0v) is 11.6. The van der Waals surface area contributed by atoms with Crippen molar-refractivity contribution in [3.05, 3.63) is 59.9 Å². The number of hydrogen-bond donors (Lipinski definition) is 1. The third-order valence-electron chi connectivity index (χ3n) is 2.85. The Labute approximate surface area is 120 Å². The van der Waals surface area contributed by atoms with Gasteiger partial charge in [0, 0.05) is 16.1 Å². The Bertz CT molecular complexity index is 575. The van der Waals surface area contributed by atoms with Crippen LogP contribution in [-0.2, 0) is 0 Å². The fourth-order valence-electron chi connectivity index (χ4n) is 1.92. The Morgan fingerprint density at radius 2 is 1.65 bits per heavy atom. The highest BCUT2D eigenvalue weighted by molar-refractivity contribution is 7.99. The molecule has 0 heterocycles. The van der Waals surface area contributed by atoms with E-state index in [0.717, 1.165) is 0 Å². The molecule has 106 valence electrons. The van der Waals surface area contributed by atoms with Crippen molar-refractivity contribution in [2.45, 2.75) is 23.6 Å². The number of anilines is 1. The van der Waals surface area contributed by atoms with E-state index in [2.05, 4.69) is 5.32 Å². The number of rotatable bonds is 5. The molecular weight excluding hydrogens is 283 g/mol. The van der Waals surface area contributed by atoms with E-state index in [1.807, 2.05) is 0 Å². The predicted molar refractivity (Wildman–Crippen MR) is 76.7 cm³/mol. The molecule has 1 N–H and O–H groups in total. The first kappa shape index (κ1) is 14.8. The maximum Gasteiger partial charge on any atom is 0.288 e. The molecule has 2 aromatic carbocycles. The predicted octanol–water partition coefficient (Wildman–Crippen LogP) is 5.31. The average Bonchev–Trinajstić information content (AvgIpc) is 2.41. The molecule has 20 heavy (non-hydrogen) atoms. The summed E-state index contributed by atoms with van der Waals surface area (Å²) in [6.45, 7) is 1.79. The molecule has 0 bridgehead atoms. The van der Waals surface area contributed by atoms with E-state index in [0.29, 0.717) is 27.9 Å². The Morgan fingerprint density at radius 3 is 2.35 bits per heavy atom. The Morgan fingerprint density at radius 1 is 1.00 bits per heavy atom. The van der Waals surface area contributed by atoms with Gasteiger partial charge in [-0.25, -0.2) is 4.39 Å². The summed E-state index contributed by atoms with van der Waals surface area (Å²) in [6, 6.07) is 12.9. The average molecular weight is 297 g/mol. The normalized spacial score (nSPS) is 12.4. The van der Waals surface area contributed by atoms with Crippen LogP contribution in [0.15, 0.2) is 53.4 Å². The SMILES string of the molecule is CC(Nc1ccccc1SC(F)F)c1ccccc1F. The van der Waals surface area contributed by atoms with Gasteiger partial charge >= 0.3 is 0 Å². The largest absolute Gasteiger partial charge is 0.378 e. The molecule has 2 rings (SSSR count). The van der Waals surface area contributed by atoms with Crippen LogP contribution in [-0.4, -0.2) is 5.76 Å². The lowest BCUT2D eigenvalue weighted by Gasteiger charge is -2.18. The van der Waals surface area contributed by atoms with E-state index >= 15 is 0 Å². The van der Waals surface area contributed by atoms with Crippen molar-refractivity contribution in [2.75, 3.05) is 5.32 Å². The molecule has 0 fully saturated rings. The first-order valence-corrected chi connectivity index (χ1v) is 7.00. The Balaban J connectivity index is 2.20. The van der Waals surface area contributed by atoms with Crippen LogP contribution >= 0.6 is 11.8 Å². The topological polar surface area (TPSA) is 12.0 Å². The van der Waals surface area contributed by atoms with Gasteiger partial charge in [-0.15, -0.1) is 0 Å². The molecule has 5 heteroatoms. The molecule has 0 aromatic heterocycles. The van der Waals surface area contributed by atoms with E-state index in [4.69, 9.17) is 0 Å². The van der Waals surface area contributed by atoms with Crippen molar-refractivity contribution in [2.24, 2.45) is 0 Å². The van der Waals surface area contributed by atoms with Crippen molar-refractivity contribution in [3.63, 3.8) is 0 Å². The van der Waals surface area contributed by atoms with Gasteiger partial charge in [-0.1, -0.05) is 42.1 Å². The van der Waals surface area contributed by atoms with Crippen LogP contribution in [0.5, 0.6) is 0 Å². The summed E-state index contributed by atoms with van der Waals surface area (Å²) < 4.78 is 38.7. The van der Waals surface area contributed by atoms with E-state index in [9.17, 15) is 13.2 Å². The zero-order valence-electron chi connectivity index (χ0n) is 10.8.